The van der Waals surface area contributed by atoms with Gasteiger partial charge in [-0.15, -0.1) is 0 Å². The molecular weight excluding hydrogens is 108 g/mol. The highest BCUT2D eigenvalue weighted by atomic mass is 14.2. The zero-order valence-corrected chi connectivity index (χ0v) is 6.43. The van der Waals surface area contributed by atoms with E-state index >= 15 is 0 Å². The van der Waals surface area contributed by atoms with E-state index in [4.69, 9.17) is 0 Å². The first kappa shape index (κ1) is 6.85. The second-order valence-corrected chi connectivity index (χ2v) is 3.20. The first-order chi connectivity index (χ1) is 4.33. The summed E-state index contributed by atoms with van der Waals surface area (Å²) < 4.78 is 0. The predicted molar refractivity (Wildman–Crippen MR) is 41.3 cm³/mol. The van der Waals surface area contributed by atoms with Gasteiger partial charge in [0.25, 0.3) is 0 Å². The maximum Gasteiger partial charge on any atom is -0.0231 e. The quantitative estimate of drug-likeness (QED) is 0.471. The Morgan fingerprint density at radius 1 is 1.33 bits per heavy atom. The SMILES string of the molecule is C/C=C\C1CCC(C)C1. The molecule has 0 nitrogen and oxygen atoms in total. The molecule has 2 atom stereocenters. The second-order valence-electron chi connectivity index (χ2n) is 3.20. The number of rotatable bonds is 1. The maximum atomic E-state index is 2.35. The Balaban J connectivity index is 2.30. The molecule has 0 bridgehead atoms. The van der Waals surface area contributed by atoms with Crippen molar-refractivity contribution in [3.63, 3.8) is 0 Å². The Hall–Kier alpha value is -0.260. The van der Waals surface area contributed by atoms with Crippen molar-refractivity contribution >= 4 is 0 Å². The third-order valence-corrected chi connectivity index (χ3v) is 2.20. The van der Waals surface area contributed by atoms with Crippen LogP contribution in [-0.2, 0) is 0 Å². The molecule has 1 aliphatic rings. The van der Waals surface area contributed by atoms with Crippen molar-refractivity contribution in [1.29, 1.82) is 0 Å². The standard InChI is InChI=1S/C9H16/c1-3-4-9-6-5-8(2)7-9/h3-4,8-9H,5-7H2,1-2H3/b4-3-. The molecule has 0 saturated heterocycles. The highest BCUT2D eigenvalue weighted by Crippen LogP contribution is 2.30. The summed E-state index contributed by atoms with van der Waals surface area (Å²) in [7, 11) is 0. The summed E-state index contributed by atoms with van der Waals surface area (Å²) >= 11 is 0. The van der Waals surface area contributed by atoms with Crippen molar-refractivity contribution in [2.45, 2.75) is 33.1 Å². The van der Waals surface area contributed by atoms with Gasteiger partial charge in [-0.25, -0.2) is 0 Å². The van der Waals surface area contributed by atoms with Crippen LogP contribution in [0.5, 0.6) is 0 Å². The van der Waals surface area contributed by atoms with Crippen molar-refractivity contribution in [3.05, 3.63) is 12.2 Å². The summed E-state index contributed by atoms with van der Waals surface area (Å²) in [5.41, 5.74) is 0. The minimum absolute atomic E-state index is 0.907. The third-order valence-electron chi connectivity index (χ3n) is 2.20. The zero-order chi connectivity index (χ0) is 6.69. The van der Waals surface area contributed by atoms with Crippen LogP contribution < -0.4 is 0 Å². The van der Waals surface area contributed by atoms with Crippen molar-refractivity contribution in [3.8, 4) is 0 Å². The normalized spacial score (nSPS) is 36.2. The fourth-order valence-corrected chi connectivity index (χ4v) is 1.70. The topological polar surface area (TPSA) is 0 Å². The highest BCUT2D eigenvalue weighted by Gasteiger charge is 2.17. The van der Waals surface area contributed by atoms with Gasteiger partial charge in [0.15, 0.2) is 0 Å². The van der Waals surface area contributed by atoms with Crippen LogP contribution in [0.3, 0.4) is 0 Å². The zero-order valence-electron chi connectivity index (χ0n) is 6.43. The van der Waals surface area contributed by atoms with Gasteiger partial charge in [-0.05, 0) is 31.6 Å². The molecule has 0 aromatic rings. The Morgan fingerprint density at radius 3 is 2.56 bits per heavy atom. The summed E-state index contributed by atoms with van der Waals surface area (Å²) in [6.45, 7) is 4.46. The molecule has 9 heavy (non-hydrogen) atoms. The first-order valence-electron chi connectivity index (χ1n) is 3.95. The van der Waals surface area contributed by atoms with Gasteiger partial charge in [-0.1, -0.05) is 25.5 Å². The van der Waals surface area contributed by atoms with Gasteiger partial charge in [0.05, 0.1) is 0 Å². The molecule has 0 aromatic heterocycles. The minimum Gasteiger partial charge on any atom is -0.0914 e. The van der Waals surface area contributed by atoms with Gasteiger partial charge in [0, 0.05) is 0 Å². The molecule has 0 amide bonds. The third kappa shape index (κ3) is 1.85. The van der Waals surface area contributed by atoms with Gasteiger partial charge in [0.2, 0.25) is 0 Å². The lowest BCUT2D eigenvalue weighted by molar-refractivity contribution is 0.586. The van der Waals surface area contributed by atoms with Crippen LogP contribution >= 0.6 is 0 Å². The summed E-state index contributed by atoms with van der Waals surface area (Å²) in [4.78, 5) is 0. The largest absolute Gasteiger partial charge is 0.0914 e. The van der Waals surface area contributed by atoms with Gasteiger partial charge in [-0.2, -0.15) is 0 Å². The molecule has 1 fully saturated rings. The van der Waals surface area contributed by atoms with E-state index in [1.807, 2.05) is 0 Å². The Labute approximate surface area is 58.0 Å². The monoisotopic (exact) mass is 124 g/mol. The van der Waals surface area contributed by atoms with Crippen LogP contribution in [0.15, 0.2) is 12.2 Å². The molecule has 0 aliphatic heterocycles. The van der Waals surface area contributed by atoms with Gasteiger partial charge >= 0.3 is 0 Å². The average Bonchev–Trinajstić information content (AvgIpc) is 2.17. The fraction of sp³-hybridized carbons (Fsp3) is 0.778. The molecule has 0 heteroatoms. The van der Waals surface area contributed by atoms with E-state index < -0.39 is 0 Å². The summed E-state index contributed by atoms with van der Waals surface area (Å²) in [5.74, 6) is 1.89. The Morgan fingerprint density at radius 2 is 2.11 bits per heavy atom. The van der Waals surface area contributed by atoms with E-state index in [0.717, 1.165) is 11.8 Å². The van der Waals surface area contributed by atoms with Gasteiger partial charge in [-0.3, -0.25) is 0 Å². The van der Waals surface area contributed by atoms with Crippen LogP contribution in [0.1, 0.15) is 33.1 Å². The van der Waals surface area contributed by atoms with E-state index in [2.05, 4.69) is 26.0 Å². The Kier molecular flexibility index (Phi) is 2.32. The molecule has 0 radical (unpaired) electrons. The lowest BCUT2D eigenvalue weighted by Crippen LogP contribution is -1.87. The van der Waals surface area contributed by atoms with Gasteiger partial charge < -0.3 is 0 Å². The van der Waals surface area contributed by atoms with Crippen molar-refractivity contribution in [1.82, 2.24) is 0 Å². The molecule has 1 rings (SSSR count). The van der Waals surface area contributed by atoms with E-state index in [0.29, 0.717) is 0 Å². The van der Waals surface area contributed by atoms with Crippen LogP contribution in [0.2, 0.25) is 0 Å². The molecular formula is C9H16. The number of hydrogen-bond donors (Lipinski definition) is 0. The predicted octanol–water partition coefficient (Wildman–Crippen LogP) is 3.00. The van der Waals surface area contributed by atoms with E-state index in [9.17, 15) is 0 Å². The number of hydrogen-bond acceptors (Lipinski definition) is 0. The molecule has 0 aromatic carbocycles. The molecule has 0 N–H and O–H groups in total. The minimum atomic E-state index is 0.907. The van der Waals surface area contributed by atoms with Crippen molar-refractivity contribution < 1.29 is 0 Å². The Bertz CT molecular complexity index is 103. The van der Waals surface area contributed by atoms with Crippen LogP contribution in [-0.4, -0.2) is 0 Å². The summed E-state index contributed by atoms with van der Waals surface area (Å²) in [5, 5.41) is 0. The van der Waals surface area contributed by atoms with E-state index in [1.54, 1.807) is 0 Å². The summed E-state index contributed by atoms with van der Waals surface area (Å²) in [6, 6.07) is 0. The maximum absolute atomic E-state index is 2.35. The van der Waals surface area contributed by atoms with Crippen molar-refractivity contribution in [2.24, 2.45) is 11.8 Å². The molecule has 52 valence electrons. The molecule has 1 aliphatic carbocycles. The van der Waals surface area contributed by atoms with Crippen LogP contribution in [0, 0.1) is 11.8 Å². The molecule has 0 spiro atoms. The molecule has 1 saturated carbocycles. The summed E-state index contributed by atoms with van der Waals surface area (Å²) in [6.07, 6.45) is 8.82. The lowest BCUT2D eigenvalue weighted by Gasteiger charge is -1.99. The number of allylic oxidation sites excluding steroid dienone is 2. The van der Waals surface area contributed by atoms with Crippen molar-refractivity contribution in [2.75, 3.05) is 0 Å². The highest BCUT2D eigenvalue weighted by molar-refractivity contribution is 4.89. The lowest BCUT2D eigenvalue weighted by atomic mass is 10.1. The fourth-order valence-electron chi connectivity index (χ4n) is 1.70. The molecule has 0 heterocycles. The smallest absolute Gasteiger partial charge is 0.0231 e. The second kappa shape index (κ2) is 3.05. The average molecular weight is 124 g/mol. The van der Waals surface area contributed by atoms with E-state index in [1.165, 1.54) is 19.3 Å². The van der Waals surface area contributed by atoms with Crippen LogP contribution in [0.4, 0.5) is 0 Å². The van der Waals surface area contributed by atoms with E-state index in [-0.39, 0.29) is 0 Å². The first-order valence-corrected chi connectivity index (χ1v) is 3.95. The molecule has 2 unspecified atom stereocenters. The van der Waals surface area contributed by atoms with Crippen LogP contribution in [0.25, 0.3) is 0 Å². The van der Waals surface area contributed by atoms with Gasteiger partial charge in [0.1, 0.15) is 0 Å².